The number of nitrogens with one attached hydrogen (secondary N) is 1. The Balaban J connectivity index is 1.97. The Morgan fingerprint density at radius 1 is 1.26 bits per heavy atom. The van der Waals surface area contributed by atoms with E-state index in [-0.39, 0.29) is 17.9 Å². The summed E-state index contributed by atoms with van der Waals surface area (Å²) in [6.45, 7) is 6.94. The Morgan fingerprint density at radius 2 is 1.89 bits per heavy atom. The van der Waals surface area contributed by atoms with Crippen molar-refractivity contribution in [3.8, 4) is 0 Å². The fraction of sp³-hybridized carbons (Fsp3) is 0.562. The highest BCUT2D eigenvalue weighted by Gasteiger charge is 2.27. The summed E-state index contributed by atoms with van der Waals surface area (Å²) in [5.41, 5.74) is 10.9. The van der Waals surface area contributed by atoms with Crippen LogP contribution < -0.4 is 11.1 Å². The van der Waals surface area contributed by atoms with E-state index in [1.165, 1.54) is 22.3 Å². The van der Waals surface area contributed by atoms with Crippen LogP contribution in [-0.4, -0.2) is 11.9 Å². The molecule has 1 aromatic carbocycles. The Hall–Kier alpha value is -1.35. The smallest absolute Gasteiger partial charge is 0.223 e. The number of carbonyl (C=O) groups is 1. The molecule has 1 aromatic rings. The summed E-state index contributed by atoms with van der Waals surface area (Å²) in [5, 5.41) is 3.07. The second kappa shape index (κ2) is 5.74. The maximum absolute atomic E-state index is 12.1. The van der Waals surface area contributed by atoms with E-state index >= 15 is 0 Å². The molecule has 1 fully saturated rings. The van der Waals surface area contributed by atoms with Crippen LogP contribution in [0.1, 0.15) is 41.5 Å². The predicted molar refractivity (Wildman–Crippen MR) is 77.8 cm³/mol. The lowest BCUT2D eigenvalue weighted by Gasteiger charge is -2.14. The van der Waals surface area contributed by atoms with E-state index in [1.807, 2.05) is 0 Å². The highest BCUT2D eigenvalue weighted by Crippen LogP contribution is 2.24. The van der Waals surface area contributed by atoms with Gasteiger partial charge in [-0.3, -0.25) is 4.79 Å². The SMILES string of the molecule is Cc1cc(C)c(CNC(=O)C2CCC(N)C2)c(C)c1. The summed E-state index contributed by atoms with van der Waals surface area (Å²) >= 11 is 0. The lowest BCUT2D eigenvalue weighted by atomic mass is 9.99. The standard InChI is InChI=1S/C16H24N2O/c1-10-6-11(2)15(12(3)7-10)9-18-16(19)13-4-5-14(17)8-13/h6-7,13-14H,4-5,8-9,17H2,1-3H3,(H,18,19). The third-order valence-electron chi connectivity index (χ3n) is 4.12. The topological polar surface area (TPSA) is 55.1 Å². The van der Waals surface area contributed by atoms with Gasteiger partial charge in [-0.1, -0.05) is 17.7 Å². The fourth-order valence-electron chi connectivity index (χ4n) is 3.06. The molecule has 0 heterocycles. The van der Waals surface area contributed by atoms with Crippen molar-refractivity contribution in [2.24, 2.45) is 11.7 Å². The zero-order valence-electron chi connectivity index (χ0n) is 12.1. The van der Waals surface area contributed by atoms with Gasteiger partial charge in [-0.05, 0) is 56.7 Å². The highest BCUT2D eigenvalue weighted by molar-refractivity contribution is 5.79. The van der Waals surface area contributed by atoms with Gasteiger partial charge >= 0.3 is 0 Å². The summed E-state index contributed by atoms with van der Waals surface area (Å²) in [7, 11) is 0. The summed E-state index contributed by atoms with van der Waals surface area (Å²) in [6.07, 6.45) is 2.73. The lowest BCUT2D eigenvalue weighted by molar-refractivity contribution is -0.125. The Morgan fingerprint density at radius 3 is 2.42 bits per heavy atom. The van der Waals surface area contributed by atoms with Gasteiger partial charge in [0.1, 0.15) is 0 Å². The molecule has 2 unspecified atom stereocenters. The van der Waals surface area contributed by atoms with Crippen LogP contribution in [0.3, 0.4) is 0 Å². The van der Waals surface area contributed by atoms with Crippen molar-refractivity contribution >= 4 is 5.91 Å². The first-order valence-electron chi connectivity index (χ1n) is 7.07. The first kappa shape index (κ1) is 14.1. The van der Waals surface area contributed by atoms with Gasteiger partial charge in [-0.2, -0.15) is 0 Å². The second-order valence-electron chi connectivity index (χ2n) is 5.87. The molecule has 0 bridgehead atoms. The summed E-state index contributed by atoms with van der Waals surface area (Å²) in [5.74, 6) is 0.272. The van der Waals surface area contributed by atoms with Crippen LogP contribution in [0.15, 0.2) is 12.1 Å². The number of carbonyl (C=O) groups excluding carboxylic acids is 1. The van der Waals surface area contributed by atoms with Crippen molar-refractivity contribution in [2.75, 3.05) is 0 Å². The monoisotopic (exact) mass is 260 g/mol. The van der Waals surface area contributed by atoms with E-state index in [1.54, 1.807) is 0 Å². The number of rotatable bonds is 3. The average molecular weight is 260 g/mol. The maximum atomic E-state index is 12.1. The molecule has 1 saturated carbocycles. The predicted octanol–water partition coefficient (Wildman–Crippen LogP) is 2.36. The zero-order chi connectivity index (χ0) is 14.0. The molecule has 0 aliphatic heterocycles. The molecule has 3 nitrogen and oxygen atoms in total. The second-order valence-corrected chi connectivity index (χ2v) is 5.87. The normalized spacial score (nSPS) is 22.5. The molecule has 104 valence electrons. The van der Waals surface area contributed by atoms with Crippen molar-refractivity contribution in [3.63, 3.8) is 0 Å². The van der Waals surface area contributed by atoms with Crippen LogP contribution in [0, 0.1) is 26.7 Å². The van der Waals surface area contributed by atoms with E-state index in [4.69, 9.17) is 5.73 Å². The molecule has 0 spiro atoms. The Bertz CT molecular complexity index is 459. The van der Waals surface area contributed by atoms with Crippen molar-refractivity contribution in [1.29, 1.82) is 0 Å². The quantitative estimate of drug-likeness (QED) is 0.876. The lowest BCUT2D eigenvalue weighted by Crippen LogP contribution is -2.30. The number of amides is 1. The minimum Gasteiger partial charge on any atom is -0.352 e. The Kier molecular flexibility index (Phi) is 4.25. The van der Waals surface area contributed by atoms with Crippen LogP contribution in [0.2, 0.25) is 0 Å². The minimum atomic E-state index is 0.112. The van der Waals surface area contributed by atoms with Gasteiger partial charge < -0.3 is 11.1 Å². The van der Waals surface area contributed by atoms with Gasteiger partial charge in [0.05, 0.1) is 0 Å². The largest absolute Gasteiger partial charge is 0.352 e. The molecule has 0 saturated heterocycles. The van der Waals surface area contributed by atoms with Crippen LogP contribution in [0.4, 0.5) is 0 Å². The maximum Gasteiger partial charge on any atom is 0.223 e. The molecule has 2 atom stereocenters. The van der Waals surface area contributed by atoms with Gasteiger partial charge in [0.15, 0.2) is 0 Å². The molecular formula is C16H24N2O. The van der Waals surface area contributed by atoms with Crippen molar-refractivity contribution in [1.82, 2.24) is 5.32 Å². The summed E-state index contributed by atoms with van der Waals surface area (Å²) in [4.78, 5) is 12.1. The van der Waals surface area contributed by atoms with E-state index in [0.29, 0.717) is 6.54 Å². The first-order chi connectivity index (χ1) is 8.97. The van der Waals surface area contributed by atoms with Gasteiger partial charge in [-0.15, -0.1) is 0 Å². The van der Waals surface area contributed by atoms with Crippen LogP contribution >= 0.6 is 0 Å². The van der Waals surface area contributed by atoms with Crippen molar-refractivity contribution < 1.29 is 4.79 Å². The number of aryl methyl sites for hydroxylation is 3. The molecule has 1 aliphatic rings. The number of benzene rings is 1. The zero-order valence-corrected chi connectivity index (χ0v) is 12.1. The van der Waals surface area contributed by atoms with Crippen LogP contribution in [0.25, 0.3) is 0 Å². The van der Waals surface area contributed by atoms with Crippen molar-refractivity contribution in [3.05, 3.63) is 34.4 Å². The summed E-state index contributed by atoms with van der Waals surface area (Å²) < 4.78 is 0. The molecule has 0 aromatic heterocycles. The molecule has 1 amide bonds. The van der Waals surface area contributed by atoms with Gasteiger partial charge in [-0.25, -0.2) is 0 Å². The van der Waals surface area contributed by atoms with E-state index in [9.17, 15) is 4.79 Å². The minimum absolute atomic E-state index is 0.112. The van der Waals surface area contributed by atoms with Gasteiger partial charge in [0.25, 0.3) is 0 Å². The van der Waals surface area contributed by atoms with Crippen molar-refractivity contribution in [2.45, 2.75) is 52.6 Å². The van der Waals surface area contributed by atoms with Crippen LogP contribution in [-0.2, 0) is 11.3 Å². The number of nitrogens with two attached hydrogens (primary N) is 1. The fourth-order valence-corrected chi connectivity index (χ4v) is 3.06. The summed E-state index contributed by atoms with van der Waals surface area (Å²) in [6, 6.07) is 4.54. The third-order valence-corrected chi connectivity index (χ3v) is 4.12. The first-order valence-corrected chi connectivity index (χ1v) is 7.07. The molecule has 0 radical (unpaired) electrons. The van der Waals surface area contributed by atoms with Crippen LogP contribution in [0.5, 0.6) is 0 Å². The molecule has 1 aliphatic carbocycles. The molecule has 3 N–H and O–H groups in total. The number of hydrogen-bond acceptors (Lipinski definition) is 2. The number of hydrogen-bond donors (Lipinski definition) is 2. The highest BCUT2D eigenvalue weighted by atomic mass is 16.1. The molecule has 2 rings (SSSR count). The molecular weight excluding hydrogens is 236 g/mol. The van der Waals surface area contributed by atoms with E-state index < -0.39 is 0 Å². The molecule has 3 heteroatoms. The van der Waals surface area contributed by atoms with Gasteiger partial charge in [0, 0.05) is 18.5 Å². The van der Waals surface area contributed by atoms with E-state index in [0.717, 1.165) is 19.3 Å². The third kappa shape index (κ3) is 3.35. The molecule has 19 heavy (non-hydrogen) atoms. The van der Waals surface area contributed by atoms with Gasteiger partial charge in [0.2, 0.25) is 5.91 Å². The van der Waals surface area contributed by atoms with E-state index in [2.05, 4.69) is 38.2 Å². The Labute approximate surface area is 115 Å². The average Bonchev–Trinajstić information content (AvgIpc) is 2.74.